The number of alkyl halides is 6. The van der Waals surface area contributed by atoms with E-state index in [9.17, 15) is 35.9 Å². The minimum absolute atomic E-state index is 0.136. The van der Waals surface area contributed by atoms with E-state index in [1.807, 2.05) is 0 Å². The van der Waals surface area contributed by atoms with E-state index in [0.29, 0.717) is 22.4 Å². The molecule has 1 heterocycles. The molecule has 0 spiro atoms. The van der Waals surface area contributed by atoms with Crippen LogP contribution in [0.15, 0.2) is 18.2 Å². The first-order valence-corrected chi connectivity index (χ1v) is 12.0. The lowest BCUT2D eigenvalue weighted by molar-refractivity contribution is -0.144. The highest BCUT2D eigenvalue weighted by atomic mass is 19.4. The lowest BCUT2D eigenvalue weighted by Crippen LogP contribution is -2.38. The van der Waals surface area contributed by atoms with Gasteiger partial charge in [0.05, 0.1) is 35.5 Å². The summed E-state index contributed by atoms with van der Waals surface area (Å²) in [5.41, 5.74) is 1.70. The van der Waals surface area contributed by atoms with Gasteiger partial charge in [0.1, 0.15) is 12.0 Å². The Morgan fingerprint density at radius 3 is 2.47 bits per heavy atom. The van der Waals surface area contributed by atoms with Gasteiger partial charge < -0.3 is 15.6 Å². The van der Waals surface area contributed by atoms with E-state index >= 15 is 0 Å². The van der Waals surface area contributed by atoms with E-state index < -0.39 is 60.9 Å². The Kier molecular flexibility index (Phi) is 7.25. The predicted molar refractivity (Wildman–Crippen MR) is 119 cm³/mol. The zero-order valence-electron chi connectivity index (χ0n) is 19.6. The van der Waals surface area contributed by atoms with E-state index in [0.717, 1.165) is 0 Å². The fourth-order valence-corrected chi connectivity index (χ4v) is 4.62. The van der Waals surface area contributed by atoms with Crippen LogP contribution in [0.5, 0.6) is 0 Å². The van der Waals surface area contributed by atoms with Gasteiger partial charge in [-0.15, -0.1) is 0 Å². The number of H-pyrrole nitrogens is 1. The van der Waals surface area contributed by atoms with Gasteiger partial charge in [0.25, 0.3) is 0 Å². The Labute approximate surface area is 203 Å². The third kappa shape index (κ3) is 6.50. The molecule has 3 N–H and O–H groups in total. The molecule has 2 aliphatic rings. The lowest BCUT2D eigenvalue weighted by Gasteiger charge is -2.33. The molecule has 0 bridgehead atoms. The molecule has 0 aliphatic heterocycles. The molecule has 0 radical (unpaired) electrons. The molecule has 198 valence electrons. The maximum Gasteiger partial charge on any atom is 0.389 e. The van der Waals surface area contributed by atoms with E-state index in [1.54, 1.807) is 25.1 Å². The molecule has 36 heavy (non-hydrogen) atoms. The number of rotatable bonds is 8. The average Bonchev–Trinajstić information content (AvgIpc) is 3.37. The Morgan fingerprint density at radius 1 is 1.19 bits per heavy atom. The summed E-state index contributed by atoms with van der Waals surface area (Å²) in [5, 5.41) is 5.34. The molecule has 2 amide bonds. The van der Waals surface area contributed by atoms with Crippen molar-refractivity contribution in [1.29, 1.82) is 0 Å². The summed E-state index contributed by atoms with van der Waals surface area (Å²) in [6.45, 7) is 1.64. The van der Waals surface area contributed by atoms with Crippen molar-refractivity contribution in [3.05, 3.63) is 29.6 Å². The number of carbonyl (C=O) groups is 2. The molecule has 0 saturated heterocycles. The van der Waals surface area contributed by atoms with Crippen molar-refractivity contribution in [2.45, 2.75) is 82.2 Å². The number of carbonyl (C=O) groups excluding carboxylic acids is 2. The van der Waals surface area contributed by atoms with Crippen LogP contribution in [-0.4, -0.2) is 40.1 Å². The number of fused-ring (bicyclic) bond motifs is 1. The smallest absolute Gasteiger partial charge is 0.350 e. The third-order valence-electron chi connectivity index (χ3n) is 6.91. The van der Waals surface area contributed by atoms with Crippen molar-refractivity contribution in [2.24, 2.45) is 11.8 Å². The van der Waals surface area contributed by atoms with Crippen molar-refractivity contribution in [1.82, 2.24) is 20.6 Å². The van der Waals surface area contributed by atoms with Gasteiger partial charge in [-0.2, -0.15) is 13.2 Å². The molecule has 2 fully saturated rings. The van der Waals surface area contributed by atoms with Gasteiger partial charge in [0.15, 0.2) is 0 Å². The molecule has 2 saturated carbocycles. The third-order valence-corrected chi connectivity index (χ3v) is 6.91. The lowest BCUT2D eigenvalue weighted by atomic mass is 9.81. The van der Waals surface area contributed by atoms with Gasteiger partial charge in [0.2, 0.25) is 17.7 Å². The number of aromatic amines is 1. The quantitative estimate of drug-likeness (QED) is 0.408. The minimum atomic E-state index is -4.42. The molecule has 6 nitrogen and oxygen atoms in total. The summed E-state index contributed by atoms with van der Waals surface area (Å²) in [7, 11) is 0. The molecule has 12 heteroatoms. The Morgan fingerprint density at radius 2 is 1.86 bits per heavy atom. The Hall–Kier alpha value is -2.79. The van der Waals surface area contributed by atoms with Crippen LogP contribution in [0.25, 0.3) is 11.0 Å². The number of imidazole rings is 1. The normalized spacial score (nSPS) is 23.8. The number of hydrogen-bond acceptors (Lipinski definition) is 3. The average molecular weight is 519 g/mol. The number of halogens is 6. The van der Waals surface area contributed by atoms with Crippen LogP contribution in [-0.2, 0) is 9.59 Å². The van der Waals surface area contributed by atoms with Gasteiger partial charge >= 0.3 is 6.18 Å². The molecule has 2 aliphatic carbocycles. The van der Waals surface area contributed by atoms with Gasteiger partial charge in [-0.1, -0.05) is 6.07 Å². The fraction of sp³-hybridized carbons (Fsp3) is 0.625. The van der Waals surface area contributed by atoms with Crippen molar-refractivity contribution in [2.75, 3.05) is 0 Å². The van der Waals surface area contributed by atoms with Crippen LogP contribution in [0.3, 0.4) is 0 Å². The highest BCUT2D eigenvalue weighted by Gasteiger charge is 2.46. The SMILES string of the molecule is C[C@@H](NC(=O)CCC(F)(F)F)c1ccc2nc([C@@H](NC(=O)[C@@H]3C[C@@H]3F)C3CCC(F)(F)CC3)[nH]c2c1. The van der Waals surface area contributed by atoms with Gasteiger partial charge in [-0.25, -0.2) is 18.2 Å². The number of nitrogens with one attached hydrogen (secondary N) is 3. The second-order valence-electron chi connectivity index (χ2n) is 9.84. The van der Waals surface area contributed by atoms with E-state index in [4.69, 9.17) is 0 Å². The van der Waals surface area contributed by atoms with Crippen molar-refractivity contribution in [3.63, 3.8) is 0 Å². The first kappa shape index (κ1) is 26.3. The van der Waals surface area contributed by atoms with Crippen molar-refractivity contribution in [3.8, 4) is 0 Å². The van der Waals surface area contributed by atoms with Crippen LogP contribution >= 0.6 is 0 Å². The number of nitrogens with zero attached hydrogens (tertiary/aromatic N) is 1. The highest BCUT2D eigenvalue weighted by molar-refractivity contribution is 5.83. The van der Waals surface area contributed by atoms with Gasteiger partial charge in [-0.3, -0.25) is 9.59 Å². The van der Waals surface area contributed by atoms with Crippen LogP contribution in [0, 0.1) is 11.8 Å². The summed E-state index contributed by atoms with van der Waals surface area (Å²) in [4.78, 5) is 32.0. The predicted octanol–water partition coefficient (Wildman–Crippen LogP) is 5.42. The Bertz CT molecular complexity index is 1110. The van der Waals surface area contributed by atoms with Gasteiger partial charge in [-0.05, 0) is 49.8 Å². The first-order valence-electron chi connectivity index (χ1n) is 12.0. The van der Waals surface area contributed by atoms with Crippen molar-refractivity contribution >= 4 is 22.8 Å². The van der Waals surface area contributed by atoms with Gasteiger partial charge in [0, 0.05) is 19.3 Å². The number of hydrogen-bond donors (Lipinski definition) is 3. The van der Waals surface area contributed by atoms with Crippen molar-refractivity contribution < 1.29 is 35.9 Å². The molecular weight excluding hydrogens is 490 g/mol. The molecule has 4 rings (SSSR count). The molecule has 2 aromatic rings. The summed E-state index contributed by atoms with van der Waals surface area (Å²) in [6, 6.07) is 3.75. The molecule has 1 aromatic carbocycles. The zero-order valence-corrected chi connectivity index (χ0v) is 19.6. The van der Waals surface area contributed by atoms with E-state index in [1.165, 1.54) is 0 Å². The monoisotopic (exact) mass is 518 g/mol. The molecule has 4 atom stereocenters. The molecule has 1 aromatic heterocycles. The second kappa shape index (κ2) is 9.93. The van der Waals surface area contributed by atoms with E-state index in [2.05, 4.69) is 20.6 Å². The summed E-state index contributed by atoms with van der Waals surface area (Å²) < 4.78 is 78.0. The van der Waals surface area contributed by atoms with Crippen LogP contribution < -0.4 is 10.6 Å². The number of aromatic nitrogens is 2. The van der Waals surface area contributed by atoms with Crippen LogP contribution in [0.4, 0.5) is 26.3 Å². The summed E-state index contributed by atoms with van der Waals surface area (Å²) in [5.74, 6) is -4.64. The fourth-order valence-electron chi connectivity index (χ4n) is 4.62. The van der Waals surface area contributed by atoms with Crippen LogP contribution in [0.2, 0.25) is 0 Å². The maximum atomic E-state index is 13.7. The summed E-state index contributed by atoms with van der Waals surface area (Å²) in [6.07, 6.45) is -7.65. The van der Waals surface area contributed by atoms with Crippen LogP contribution in [0.1, 0.15) is 75.3 Å². The molecule has 0 unspecified atom stereocenters. The number of amides is 2. The topological polar surface area (TPSA) is 86.9 Å². The minimum Gasteiger partial charge on any atom is -0.350 e. The molecular formula is C24H28F6N4O2. The summed E-state index contributed by atoms with van der Waals surface area (Å²) >= 11 is 0. The first-order chi connectivity index (χ1) is 16.8. The maximum absolute atomic E-state index is 13.7. The number of benzene rings is 1. The standard InChI is InChI=1S/C24H28F6N4O2/c1-12(31-19(35)6-9-24(28,29)30)14-2-3-17-18(10-14)33-21(32-17)20(34-22(36)15-11-16(15)25)13-4-7-23(26,27)8-5-13/h2-3,10,12-13,15-16,20H,4-9,11H2,1H3,(H,31,35)(H,32,33)(H,34,36)/t12-,15-,16+,20+/m1/s1. The highest BCUT2D eigenvalue weighted by Crippen LogP contribution is 2.42. The Balaban J connectivity index is 1.51. The zero-order chi connectivity index (χ0) is 26.3. The largest absolute Gasteiger partial charge is 0.389 e. The van der Waals surface area contributed by atoms with E-state index in [-0.39, 0.29) is 38.0 Å². The second-order valence-corrected chi connectivity index (χ2v) is 9.84.